The van der Waals surface area contributed by atoms with E-state index in [1.165, 1.54) is 5.56 Å². The van der Waals surface area contributed by atoms with Gasteiger partial charge < -0.3 is 0 Å². The molecule has 0 unspecified atom stereocenters. The van der Waals surface area contributed by atoms with Crippen LogP contribution in [0.25, 0.3) is 27.3 Å². The fourth-order valence-electron chi connectivity index (χ4n) is 2.68. The topological polar surface area (TPSA) is 34.4 Å². The molecule has 4 rings (SSSR count). The number of nitrogens with zero attached hydrogens (tertiary/aromatic N) is 2. The minimum absolute atomic E-state index is 0.000599. The Bertz CT molecular complexity index is 953. The molecule has 0 radical (unpaired) electrons. The quantitative estimate of drug-likeness (QED) is 0.469. The van der Waals surface area contributed by atoms with Gasteiger partial charge in [-0.15, -0.1) is 0 Å². The molecule has 3 aromatic heterocycles. The van der Waals surface area contributed by atoms with Gasteiger partial charge in [0.1, 0.15) is 0 Å². The Labute approximate surface area is 103 Å². The summed E-state index contributed by atoms with van der Waals surface area (Å²) in [4.78, 5) is 16.4. The molecule has 1 aromatic carbocycles. The maximum atomic E-state index is 12.1. The number of fused-ring (bicyclic) bond motifs is 3. The van der Waals surface area contributed by atoms with Gasteiger partial charge in [-0.25, -0.2) is 0 Å². The molecule has 3 heteroatoms. The van der Waals surface area contributed by atoms with Crippen LogP contribution in [0.2, 0.25) is 0 Å². The molecule has 0 aliphatic heterocycles. The maximum Gasteiger partial charge on any atom is 0.255 e. The molecule has 4 aromatic rings. The first kappa shape index (κ1) is 9.59. The second-order valence-electron chi connectivity index (χ2n) is 4.62. The second-order valence-corrected chi connectivity index (χ2v) is 4.62. The van der Waals surface area contributed by atoms with Crippen molar-refractivity contribution in [1.82, 2.24) is 9.38 Å². The van der Waals surface area contributed by atoms with Gasteiger partial charge in [0.25, 0.3) is 5.56 Å². The Morgan fingerprint density at radius 2 is 1.94 bits per heavy atom. The van der Waals surface area contributed by atoms with Crippen LogP contribution in [0.15, 0.2) is 47.4 Å². The number of rotatable bonds is 0. The van der Waals surface area contributed by atoms with Gasteiger partial charge in [-0.3, -0.25) is 14.2 Å². The molecular weight excluding hydrogens is 224 g/mol. The third-order valence-electron chi connectivity index (χ3n) is 3.46. The largest absolute Gasteiger partial charge is 0.274 e. The average Bonchev–Trinajstić information content (AvgIpc) is 2.70. The van der Waals surface area contributed by atoms with Crippen molar-refractivity contribution in [1.29, 1.82) is 0 Å². The summed E-state index contributed by atoms with van der Waals surface area (Å²) in [6, 6.07) is 11.5. The molecule has 0 N–H and O–H groups in total. The average molecular weight is 234 g/mol. The molecule has 86 valence electrons. The molecule has 0 saturated carbocycles. The molecule has 0 bridgehead atoms. The van der Waals surface area contributed by atoms with Crippen LogP contribution >= 0.6 is 0 Å². The van der Waals surface area contributed by atoms with Crippen molar-refractivity contribution in [2.75, 3.05) is 0 Å². The van der Waals surface area contributed by atoms with Gasteiger partial charge in [0.15, 0.2) is 0 Å². The Balaban J connectivity index is 2.51. The van der Waals surface area contributed by atoms with E-state index >= 15 is 0 Å². The second kappa shape index (κ2) is 3.07. The van der Waals surface area contributed by atoms with Crippen LogP contribution in [-0.4, -0.2) is 9.38 Å². The standard InChI is InChI=1S/C15H10N2O/c1-9-2-4-13-11(8-9)10-6-7-16-12-3-5-14(18)17(13)15(10)12/h2-8H,1H3. The Morgan fingerprint density at radius 3 is 2.83 bits per heavy atom. The van der Waals surface area contributed by atoms with Crippen LogP contribution in [0.1, 0.15) is 5.56 Å². The number of hydrogen-bond donors (Lipinski definition) is 0. The van der Waals surface area contributed by atoms with Crippen molar-refractivity contribution in [2.24, 2.45) is 0 Å². The van der Waals surface area contributed by atoms with Gasteiger partial charge in [-0.1, -0.05) is 11.6 Å². The summed E-state index contributed by atoms with van der Waals surface area (Å²) in [6.45, 7) is 2.06. The third kappa shape index (κ3) is 1.03. The van der Waals surface area contributed by atoms with E-state index in [2.05, 4.69) is 18.0 Å². The number of aromatic nitrogens is 2. The highest BCUT2D eigenvalue weighted by Gasteiger charge is 2.12. The first-order valence-corrected chi connectivity index (χ1v) is 5.88. The lowest BCUT2D eigenvalue weighted by Gasteiger charge is -1.97. The zero-order valence-corrected chi connectivity index (χ0v) is 9.84. The van der Waals surface area contributed by atoms with Crippen LogP contribution in [0.5, 0.6) is 0 Å². The van der Waals surface area contributed by atoms with E-state index in [0.717, 1.165) is 27.3 Å². The number of pyridine rings is 2. The highest BCUT2D eigenvalue weighted by Crippen LogP contribution is 2.29. The van der Waals surface area contributed by atoms with Crippen LogP contribution in [0.4, 0.5) is 0 Å². The first-order valence-electron chi connectivity index (χ1n) is 5.88. The number of aryl methyl sites for hydroxylation is 1. The Hall–Kier alpha value is -2.42. The molecule has 3 nitrogen and oxygen atoms in total. The molecule has 0 spiro atoms. The number of hydrogen-bond acceptors (Lipinski definition) is 2. The van der Waals surface area contributed by atoms with Gasteiger partial charge >= 0.3 is 0 Å². The highest BCUT2D eigenvalue weighted by molar-refractivity contribution is 6.12. The minimum Gasteiger partial charge on any atom is -0.274 e. The van der Waals surface area contributed by atoms with E-state index in [1.807, 2.05) is 18.2 Å². The SMILES string of the molecule is Cc1ccc2c(c1)c1ccnc3ccc(=O)n2c31. The van der Waals surface area contributed by atoms with Crippen LogP contribution in [-0.2, 0) is 0 Å². The van der Waals surface area contributed by atoms with E-state index in [0.29, 0.717) is 0 Å². The monoisotopic (exact) mass is 234 g/mol. The van der Waals surface area contributed by atoms with Crippen molar-refractivity contribution in [3.05, 3.63) is 58.5 Å². The lowest BCUT2D eigenvalue weighted by atomic mass is 10.1. The molecule has 0 fully saturated rings. The summed E-state index contributed by atoms with van der Waals surface area (Å²) in [5.74, 6) is 0. The van der Waals surface area contributed by atoms with Gasteiger partial charge in [-0.2, -0.15) is 0 Å². The zero-order valence-electron chi connectivity index (χ0n) is 9.84. The van der Waals surface area contributed by atoms with Gasteiger partial charge in [-0.05, 0) is 31.2 Å². The minimum atomic E-state index is -0.000599. The summed E-state index contributed by atoms with van der Waals surface area (Å²) in [7, 11) is 0. The van der Waals surface area contributed by atoms with Gasteiger partial charge in [0.2, 0.25) is 0 Å². The smallest absolute Gasteiger partial charge is 0.255 e. The van der Waals surface area contributed by atoms with Crippen LogP contribution < -0.4 is 5.56 Å². The molecule has 0 amide bonds. The normalized spacial score (nSPS) is 11.8. The first-order chi connectivity index (χ1) is 8.75. The van der Waals surface area contributed by atoms with Crippen molar-refractivity contribution in [3.8, 4) is 0 Å². The van der Waals surface area contributed by atoms with Crippen molar-refractivity contribution in [3.63, 3.8) is 0 Å². The molecule has 3 heterocycles. The van der Waals surface area contributed by atoms with E-state index in [9.17, 15) is 4.79 Å². The molecule has 0 atom stereocenters. The van der Waals surface area contributed by atoms with Gasteiger partial charge in [0, 0.05) is 23.0 Å². The summed E-state index contributed by atoms with van der Waals surface area (Å²) in [6.07, 6.45) is 1.80. The summed E-state index contributed by atoms with van der Waals surface area (Å²) < 4.78 is 1.76. The predicted molar refractivity (Wildman–Crippen MR) is 72.4 cm³/mol. The highest BCUT2D eigenvalue weighted by atomic mass is 16.1. The third-order valence-corrected chi connectivity index (χ3v) is 3.46. The van der Waals surface area contributed by atoms with E-state index < -0.39 is 0 Å². The zero-order chi connectivity index (χ0) is 12.3. The van der Waals surface area contributed by atoms with Crippen molar-refractivity contribution >= 4 is 27.3 Å². The fraction of sp³-hybridized carbons (Fsp3) is 0.0667. The lowest BCUT2D eigenvalue weighted by molar-refractivity contribution is 1.17. The van der Waals surface area contributed by atoms with Crippen molar-refractivity contribution < 1.29 is 0 Å². The van der Waals surface area contributed by atoms with Gasteiger partial charge in [0.05, 0.1) is 16.6 Å². The molecule has 0 saturated heterocycles. The summed E-state index contributed by atoms with van der Waals surface area (Å²) in [5.41, 5.74) is 3.93. The molecular formula is C15H10N2O. The van der Waals surface area contributed by atoms with Crippen molar-refractivity contribution in [2.45, 2.75) is 6.92 Å². The van der Waals surface area contributed by atoms with Crippen LogP contribution in [0.3, 0.4) is 0 Å². The molecule has 0 aliphatic carbocycles. The maximum absolute atomic E-state index is 12.1. The predicted octanol–water partition coefficient (Wildman–Crippen LogP) is 2.75. The van der Waals surface area contributed by atoms with Crippen LogP contribution in [0, 0.1) is 6.92 Å². The van der Waals surface area contributed by atoms with E-state index in [1.54, 1.807) is 22.7 Å². The number of benzene rings is 1. The Kier molecular flexibility index (Phi) is 1.64. The Morgan fingerprint density at radius 1 is 1.06 bits per heavy atom. The molecule has 18 heavy (non-hydrogen) atoms. The van der Waals surface area contributed by atoms with E-state index in [-0.39, 0.29) is 5.56 Å². The summed E-state index contributed by atoms with van der Waals surface area (Å²) >= 11 is 0. The lowest BCUT2D eigenvalue weighted by Crippen LogP contribution is -2.10. The molecule has 0 aliphatic rings. The fourth-order valence-corrected chi connectivity index (χ4v) is 2.68. The summed E-state index contributed by atoms with van der Waals surface area (Å²) in [5, 5.41) is 2.21. The van der Waals surface area contributed by atoms with E-state index in [4.69, 9.17) is 0 Å².